The maximum atomic E-state index is 12.1. The molecule has 0 unspecified atom stereocenters. The first-order valence-electron chi connectivity index (χ1n) is 8.32. The summed E-state index contributed by atoms with van der Waals surface area (Å²) in [4.78, 5) is 28.3. The van der Waals surface area contributed by atoms with Crippen molar-refractivity contribution in [2.75, 3.05) is 32.7 Å². The molecule has 1 saturated heterocycles. The molecule has 1 amide bonds. The molecule has 0 atom stereocenters. The van der Waals surface area contributed by atoms with Crippen LogP contribution >= 0.6 is 0 Å². The highest BCUT2D eigenvalue weighted by molar-refractivity contribution is 5.81. The summed E-state index contributed by atoms with van der Waals surface area (Å²) >= 11 is 0. The van der Waals surface area contributed by atoms with Crippen LogP contribution in [-0.2, 0) is 11.3 Å². The van der Waals surface area contributed by atoms with E-state index in [2.05, 4.69) is 4.90 Å². The van der Waals surface area contributed by atoms with E-state index in [1.54, 1.807) is 4.57 Å². The molecule has 1 aliphatic heterocycles. The molecule has 0 radical (unpaired) electrons. The van der Waals surface area contributed by atoms with Gasteiger partial charge in [-0.2, -0.15) is 0 Å². The summed E-state index contributed by atoms with van der Waals surface area (Å²) in [5.74, 6) is 0.341. The van der Waals surface area contributed by atoms with E-state index >= 15 is 0 Å². The van der Waals surface area contributed by atoms with Crippen molar-refractivity contribution in [1.82, 2.24) is 14.4 Å². The zero-order valence-electron chi connectivity index (χ0n) is 13.1. The fourth-order valence-corrected chi connectivity index (χ4v) is 3.25. The summed E-state index contributed by atoms with van der Waals surface area (Å²) in [7, 11) is 0. The molecule has 1 aliphatic carbocycles. The number of amides is 1. The van der Waals surface area contributed by atoms with Crippen LogP contribution in [0.1, 0.15) is 12.8 Å². The van der Waals surface area contributed by atoms with E-state index in [9.17, 15) is 9.59 Å². The van der Waals surface area contributed by atoms with Gasteiger partial charge in [-0.1, -0.05) is 12.1 Å². The van der Waals surface area contributed by atoms with Crippen molar-refractivity contribution in [2.24, 2.45) is 5.92 Å². The van der Waals surface area contributed by atoms with Crippen molar-refractivity contribution in [3.05, 3.63) is 34.8 Å². The number of para-hydroxylation sites is 2. The van der Waals surface area contributed by atoms with Gasteiger partial charge in [-0.25, -0.2) is 4.79 Å². The van der Waals surface area contributed by atoms with Crippen LogP contribution in [0, 0.1) is 5.92 Å². The normalized spacial score (nSPS) is 19.4. The fraction of sp³-hybridized carbons (Fsp3) is 0.529. The summed E-state index contributed by atoms with van der Waals surface area (Å²) in [5, 5.41) is 0. The molecule has 0 spiro atoms. The van der Waals surface area contributed by atoms with Crippen molar-refractivity contribution in [2.45, 2.75) is 19.4 Å². The highest BCUT2D eigenvalue weighted by atomic mass is 16.4. The van der Waals surface area contributed by atoms with Gasteiger partial charge in [0.2, 0.25) is 5.91 Å². The molecule has 2 aliphatic rings. The lowest BCUT2D eigenvalue weighted by atomic mass is 10.2. The van der Waals surface area contributed by atoms with Crippen LogP contribution in [0.2, 0.25) is 0 Å². The number of aromatic nitrogens is 1. The zero-order chi connectivity index (χ0) is 15.8. The Balaban J connectivity index is 1.35. The monoisotopic (exact) mass is 315 g/mol. The Morgan fingerprint density at radius 2 is 1.83 bits per heavy atom. The quantitative estimate of drug-likeness (QED) is 0.849. The third-order valence-corrected chi connectivity index (χ3v) is 4.82. The van der Waals surface area contributed by atoms with Crippen LogP contribution in [0.5, 0.6) is 0 Å². The number of fused-ring (bicyclic) bond motifs is 1. The Hall–Kier alpha value is -2.08. The van der Waals surface area contributed by atoms with Gasteiger partial charge in [-0.15, -0.1) is 0 Å². The first-order valence-corrected chi connectivity index (χ1v) is 8.32. The second-order valence-corrected chi connectivity index (χ2v) is 6.43. The van der Waals surface area contributed by atoms with Crippen molar-refractivity contribution in [1.29, 1.82) is 0 Å². The van der Waals surface area contributed by atoms with Gasteiger partial charge < -0.3 is 9.32 Å². The highest BCUT2D eigenvalue weighted by Crippen LogP contribution is 2.31. The molecule has 1 saturated carbocycles. The number of hydrogen-bond donors (Lipinski definition) is 0. The van der Waals surface area contributed by atoms with Crippen molar-refractivity contribution >= 4 is 17.0 Å². The van der Waals surface area contributed by atoms with Crippen molar-refractivity contribution in [3.8, 4) is 0 Å². The Kier molecular flexibility index (Phi) is 3.69. The van der Waals surface area contributed by atoms with Crippen LogP contribution in [0.4, 0.5) is 0 Å². The standard InChI is InChI=1S/C17H21N3O3/c21-16(13-5-6-13)19-10-7-18(8-11-19)9-12-20-14-3-1-2-4-15(14)23-17(20)22/h1-4,13H,5-12H2. The number of oxazole rings is 1. The smallest absolute Gasteiger partial charge is 0.408 e. The molecule has 2 heterocycles. The van der Waals surface area contributed by atoms with Gasteiger partial charge in [0.15, 0.2) is 5.58 Å². The first-order chi connectivity index (χ1) is 11.2. The van der Waals surface area contributed by atoms with E-state index in [-0.39, 0.29) is 5.76 Å². The van der Waals surface area contributed by atoms with E-state index in [1.165, 1.54) is 0 Å². The van der Waals surface area contributed by atoms with Crippen LogP contribution in [-0.4, -0.2) is 53.0 Å². The zero-order valence-corrected chi connectivity index (χ0v) is 13.1. The van der Waals surface area contributed by atoms with Crippen LogP contribution in [0.3, 0.4) is 0 Å². The predicted molar refractivity (Wildman–Crippen MR) is 86.2 cm³/mol. The average Bonchev–Trinajstić information content (AvgIpc) is 3.37. The third-order valence-electron chi connectivity index (χ3n) is 4.82. The number of benzene rings is 1. The van der Waals surface area contributed by atoms with Gasteiger partial charge in [-0.05, 0) is 25.0 Å². The molecule has 6 heteroatoms. The average molecular weight is 315 g/mol. The van der Waals surface area contributed by atoms with E-state index in [4.69, 9.17) is 4.42 Å². The first kappa shape index (κ1) is 14.5. The Labute approximate surface area is 134 Å². The summed E-state index contributed by atoms with van der Waals surface area (Å²) in [6.45, 7) is 4.78. The van der Waals surface area contributed by atoms with Gasteiger partial charge in [-0.3, -0.25) is 14.3 Å². The van der Waals surface area contributed by atoms with Crippen LogP contribution in [0.25, 0.3) is 11.1 Å². The van der Waals surface area contributed by atoms with Crippen LogP contribution < -0.4 is 5.76 Å². The van der Waals surface area contributed by atoms with Gasteiger partial charge in [0, 0.05) is 45.2 Å². The lowest BCUT2D eigenvalue weighted by molar-refractivity contribution is -0.134. The SMILES string of the molecule is O=C(C1CC1)N1CCN(CCn2c(=O)oc3ccccc32)CC1. The summed E-state index contributed by atoms with van der Waals surface area (Å²) in [5.41, 5.74) is 1.48. The number of carbonyl (C=O) groups is 1. The van der Waals surface area contributed by atoms with Crippen molar-refractivity contribution < 1.29 is 9.21 Å². The van der Waals surface area contributed by atoms with Gasteiger partial charge >= 0.3 is 5.76 Å². The molecule has 2 fully saturated rings. The number of nitrogens with zero attached hydrogens (tertiary/aromatic N) is 3. The second-order valence-electron chi connectivity index (χ2n) is 6.43. The fourth-order valence-electron chi connectivity index (χ4n) is 3.25. The van der Waals surface area contributed by atoms with Gasteiger partial charge in [0.25, 0.3) is 0 Å². The minimum absolute atomic E-state index is 0.297. The molecule has 23 heavy (non-hydrogen) atoms. The lowest BCUT2D eigenvalue weighted by Crippen LogP contribution is -2.49. The predicted octanol–water partition coefficient (Wildman–Crippen LogP) is 1.15. The molecule has 0 N–H and O–H groups in total. The number of carbonyl (C=O) groups excluding carboxylic acids is 1. The third kappa shape index (κ3) is 2.91. The van der Waals surface area contributed by atoms with Crippen molar-refractivity contribution in [3.63, 3.8) is 0 Å². The molecular formula is C17H21N3O3. The van der Waals surface area contributed by atoms with Gasteiger partial charge in [0.1, 0.15) is 0 Å². The minimum atomic E-state index is -0.297. The van der Waals surface area contributed by atoms with E-state index < -0.39 is 0 Å². The number of rotatable bonds is 4. The van der Waals surface area contributed by atoms with Gasteiger partial charge in [0.05, 0.1) is 5.52 Å². The molecule has 1 aromatic heterocycles. The molecule has 1 aromatic carbocycles. The Morgan fingerprint density at radius 1 is 1.09 bits per heavy atom. The largest absolute Gasteiger partial charge is 0.419 e. The lowest BCUT2D eigenvalue weighted by Gasteiger charge is -2.34. The molecule has 122 valence electrons. The maximum absolute atomic E-state index is 12.1. The molecular weight excluding hydrogens is 294 g/mol. The topological polar surface area (TPSA) is 58.7 Å². The molecule has 6 nitrogen and oxygen atoms in total. The van der Waals surface area contributed by atoms with Crippen LogP contribution in [0.15, 0.2) is 33.5 Å². The highest BCUT2D eigenvalue weighted by Gasteiger charge is 2.34. The maximum Gasteiger partial charge on any atom is 0.419 e. The summed E-state index contributed by atoms with van der Waals surface area (Å²) in [6, 6.07) is 7.50. The van der Waals surface area contributed by atoms with E-state index in [0.29, 0.717) is 24.0 Å². The summed E-state index contributed by atoms with van der Waals surface area (Å²) < 4.78 is 6.95. The van der Waals surface area contributed by atoms with E-state index in [1.807, 2.05) is 29.2 Å². The minimum Gasteiger partial charge on any atom is -0.408 e. The second kappa shape index (κ2) is 5.85. The molecule has 0 bridgehead atoms. The molecule has 4 rings (SSSR count). The van der Waals surface area contributed by atoms with E-state index in [0.717, 1.165) is 51.1 Å². The Bertz CT molecular complexity index is 767. The number of piperazine rings is 1. The number of hydrogen-bond acceptors (Lipinski definition) is 4. The Morgan fingerprint density at radius 3 is 2.57 bits per heavy atom. The summed E-state index contributed by atoms with van der Waals surface area (Å²) in [6.07, 6.45) is 2.13. The molecule has 2 aromatic rings.